The van der Waals surface area contributed by atoms with Crippen LogP contribution < -0.4 is 0 Å². The number of fused-ring (bicyclic) bond motifs is 1. The average molecular weight is 458 g/mol. The summed E-state index contributed by atoms with van der Waals surface area (Å²) >= 11 is 0. The molecule has 34 heavy (non-hydrogen) atoms. The molecule has 1 heterocycles. The summed E-state index contributed by atoms with van der Waals surface area (Å²) in [5.41, 5.74) is 1.40. The second kappa shape index (κ2) is 9.53. The number of esters is 2. The molecular weight excluding hydrogens is 430 g/mol. The van der Waals surface area contributed by atoms with Gasteiger partial charge in [-0.05, 0) is 31.0 Å². The summed E-state index contributed by atoms with van der Waals surface area (Å²) in [5, 5.41) is 12.4. The maximum atomic E-state index is 13.2. The predicted molar refractivity (Wildman–Crippen MR) is 131 cm³/mol. The van der Waals surface area contributed by atoms with Gasteiger partial charge in [0, 0.05) is 29.1 Å². The molecule has 0 amide bonds. The number of hydrogen-bond donors (Lipinski definition) is 1. The molecule has 0 saturated heterocycles. The molecule has 0 saturated carbocycles. The second-order valence-corrected chi connectivity index (χ2v) is 7.86. The fourth-order valence-corrected chi connectivity index (χ4v) is 4.39. The van der Waals surface area contributed by atoms with Crippen molar-refractivity contribution in [2.24, 2.45) is 7.05 Å². The Morgan fingerprint density at radius 2 is 1.32 bits per heavy atom. The largest absolute Gasteiger partial charge is 0.463 e. The maximum Gasteiger partial charge on any atom is 0.355 e. The standard InChI is InChI=1S/C28H27NO5/c1-4-33-26(30)28(32,27(31)34-5-2)24-22-17-11-12-18-23(22)29(3)25(24)21-16-10-9-15-20(21)19-13-7-6-8-14-19/h6-18,32H,4-5H2,1-3H3. The van der Waals surface area contributed by atoms with Gasteiger partial charge in [0.2, 0.25) is 0 Å². The third-order valence-electron chi connectivity index (χ3n) is 5.88. The highest BCUT2D eigenvalue weighted by Crippen LogP contribution is 2.44. The van der Waals surface area contributed by atoms with Crippen molar-refractivity contribution >= 4 is 22.8 Å². The van der Waals surface area contributed by atoms with Crippen LogP contribution in [0.2, 0.25) is 0 Å². The highest BCUT2D eigenvalue weighted by atomic mass is 16.6. The van der Waals surface area contributed by atoms with Crippen molar-refractivity contribution in [3.05, 3.63) is 84.4 Å². The Bertz CT molecular complexity index is 1320. The number of ether oxygens (including phenoxy) is 2. The Kier molecular flexibility index (Phi) is 6.52. The van der Waals surface area contributed by atoms with Crippen LogP contribution in [0, 0.1) is 0 Å². The normalized spacial score (nSPS) is 11.4. The van der Waals surface area contributed by atoms with Crippen molar-refractivity contribution in [3.8, 4) is 22.4 Å². The zero-order chi connectivity index (χ0) is 24.3. The van der Waals surface area contributed by atoms with Crippen molar-refractivity contribution in [2.45, 2.75) is 19.4 Å². The van der Waals surface area contributed by atoms with Gasteiger partial charge < -0.3 is 19.1 Å². The van der Waals surface area contributed by atoms with Gasteiger partial charge in [-0.1, -0.05) is 72.8 Å². The first-order chi connectivity index (χ1) is 16.4. The fraction of sp³-hybridized carbons (Fsp3) is 0.214. The van der Waals surface area contributed by atoms with Crippen molar-refractivity contribution in [2.75, 3.05) is 13.2 Å². The Labute approximate surface area is 198 Å². The Balaban J connectivity index is 2.12. The first-order valence-corrected chi connectivity index (χ1v) is 11.2. The van der Waals surface area contributed by atoms with E-state index in [1.165, 1.54) is 0 Å². The van der Waals surface area contributed by atoms with E-state index in [2.05, 4.69) is 0 Å². The lowest BCUT2D eigenvalue weighted by atomic mass is 9.86. The van der Waals surface area contributed by atoms with Crippen LogP contribution in [-0.4, -0.2) is 34.8 Å². The number of carbonyl (C=O) groups excluding carboxylic acids is 2. The van der Waals surface area contributed by atoms with Gasteiger partial charge in [-0.15, -0.1) is 0 Å². The second-order valence-electron chi connectivity index (χ2n) is 7.86. The molecule has 0 aliphatic rings. The summed E-state index contributed by atoms with van der Waals surface area (Å²) in [6, 6.07) is 24.8. The number of nitrogens with zero attached hydrogens (tertiary/aromatic N) is 1. The van der Waals surface area contributed by atoms with Crippen molar-refractivity contribution < 1.29 is 24.2 Å². The van der Waals surface area contributed by atoms with Crippen molar-refractivity contribution in [1.82, 2.24) is 4.57 Å². The lowest BCUT2D eigenvalue weighted by Crippen LogP contribution is -2.46. The van der Waals surface area contributed by atoms with Gasteiger partial charge in [-0.3, -0.25) is 0 Å². The van der Waals surface area contributed by atoms with Gasteiger partial charge in [0.05, 0.1) is 18.9 Å². The molecule has 6 heteroatoms. The zero-order valence-electron chi connectivity index (χ0n) is 19.4. The minimum absolute atomic E-state index is 0.00124. The molecule has 4 rings (SSSR count). The maximum absolute atomic E-state index is 13.2. The van der Waals surface area contributed by atoms with Gasteiger partial charge in [0.15, 0.2) is 0 Å². The first kappa shape index (κ1) is 23.3. The van der Waals surface area contributed by atoms with Gasteiger partial charge in [0.1, 0.15) is 0 Å². The molecule has 6 nitrogen and oxygen atoms in total. The summed E-state index contributed by atoms with van der Waals surface area (Å²) in [6.45, 7) is 3.25. The third kappa shape index (κ3) is 3.76. The van der Waals surface area contributed by atoms with E-state index < -0.39 is 17.5 Å². The minimum atomic E-state index is -2.65. The quantitative estimate of drug-likeness (QED) is 0.318. The summed E-state index contributed by atoms with van der Waals surface area (Å²) in [6.07, 6.45) is 0. The average Bonchev–Trinajstić information content (AvgIpc) is 3.17. The van der Waals surface area contributed by atoms with Gasteiger partial charge >= 0.3 is 11.9 Å². The Morgan fingerprint density at radius 1 is 0.794 bits per heavy atom. The summed E-state index contributed by atoms with van der Waals surface area (Å²) in [4.78, 5) is 26.4. The molecule has 0 unspecified atom stereocenters. The van der Waals surface area contributed by atoms with E-state index in [0.29, 0.717) is 11.1 Å². The van der Waals surface area contributed by atoms with E-state index in [4.69, 9.17) is 9.47 Å². The van der Waals surface area contributed by atoms with E-state index in [9.17, 15) is 14.7 Å². The van der Waals surface area contributed by atoms with E-state index in [1.807, 2.05) is 78.3 Å². The Hall–Kier alpha value is -3.90. The van der Waals surface area contributed by atoms with E-state index in [1.54, 1.807) is 26.0 Å². The molecule has 174 valence electrons. The monoisotopic (exact) mass is 457 g/mol. The molecule has 0 bridgehead atoms. The first-order valence-electron chi connectivity index (χ1n) is 11.2. The number of carbonyl (C=O) groups is 2. The van der Waals surface area contributed by atoms with Crippen LogP contribution in [0.1, 0.15) is 19.4 Å². The van der Waals surface area contributed by atoms with Gasteiger partial charge in [-0.2, -0.15) is 0 Å². The number of aryl methyl sites for hydroxylation is 1. The lowest BCUT2D eigenvalue weighted by molar-refractivity contribution is -0.184. The highest BCUT2D eigenvalue weighted by Gasteiger charge is 2.52. The summed E-state index contributed by atoms with van der Waals surface area (Å²) in [7, 11) is 1.85. The molecule has 0 aliphatic carbocycles. The topological polar surface area (TPSA) is 77.8 Å². The molecule has 4 aromatic rings. The Morgan fingerprint density at radius 3 is 1.94 bits per heavy atom. The molecule has 0 spiro atoms. The number of aliphatic hydroxyl groups is 1. The molecule has 0 aliphatic heterocycles. The molecule has 0 atom stereocenters. The van der Waals surface area contributed by atoms with Gasteiger partial charge in [0.25, 0.3) is 5.60 Å². The highest BCUT2D eigenvalue weighted by molar-refractivity contribution is 6.11. The number of para-hydroxylation sites is 1. The number of aromatic nitrogens is 1. The van der Waals surface area contributed by atoms with E-state index in [-0.39, 0.29) is 18.8 Å². The molecule has 1 aromatic heterocycles. The summed E-state index contributed by atoms with van der Waals surface area (Å²) in [5.74, 6) is -2.13. The van der Waals surface area contributed by atoms with Crippen LogP contribution >= 0.6 is 0 Å². The molecule has 1 N–H and O–H groups in total. The smallest absolute Gasteiger partial charge is 0.355 e. The predicted octanol–water partition coefficient (Wildman–Crippen LogP) is 4.83. The fourth-order valence-electron chi connectivity index (χ4n) is 4.39. The van der Waals surface area contributed by atoms with Crippen LogP contribution in [0.3, 0.4) is 0 Å². The third-order valence-corrected chi connectivity index (χ3v) is 5.88. The van der Waals surface area contributed by atoms with E-state index in [0.717, 1.165) is 22.2 Å². The lowest BCUT2D eigenvalue weighted by Gasteiger charge is -2.26. The van der Waals surface area contributed by atoms with Crippen LogP contribution in [0.5, 0.6) is 0 Å². The minimum Gasteiger partial charge on any atom is -0.463 e. The van der Waals surface area contributed by atoms with Crippen LogP contribution in [0.25, 0.3) is 33.3 Å². The van der Waals surface area contributed by atoms with Crippen LogP contribution in [0.4, 0.5) is 0 Å². The van der Waals surface area contributed by atoms with Gasteiger partial charge in [-0.25, -0.2) is 9.59 Å². The molecule has 0 fully saturated rings. The zero-order valence-corrected chi connectivity index (χ0v) is 19.4. The summed E-state index contributed by atoms with van der Waals surface area (Å²) < 4.78 is 12.3. The number of rotatable bonds is 7. The van der Waals surface area contributed by atoms with Crippen LogP contribution in [0.15, 0.2) is 78.9 Å². The SMILES string of the molecule is CCOC(=O)C(O)(C(=O)OCC)c1c(-c2ccccc2-c2ccccc2)n(C)c2ccccc12. The van der Waals surface area contributed by atoms with Crippen molar-refractivity contribution in [3.63, 3.8) is 0 Å². The molecular formula is C28H27NO5. The van der Waals surface area contributed by atoms with Crippen molar-refractivity contribution in [1.29, 1.82) is 0 Å². The molecule has 0 radical (unpaired) electrons. The van der Waals surface area contributed by atoms with Crippen LogP contribution in [-0.2, 0) is 31.7 Å². The number of benzene rings is 3. The van der Waals surface area contributed by atoms with E-state index >= 15 is 0 Å². The molecule has 3 aromatic carbocycles. The number of hydrogen-bond acceptors (Lipinski definition) is 5.